The summed E-state index contributed by atoms with van der Waals surface area (Å²) in [6.07, 6.45) is -0.531. The predicted octanol–water partition coefficient (Wildman–Crippen LogP) is 4.37. The summed E-state index contributed by atoms with van der Waals surface area (Å²) in [5, 5.41) is 0. The lowest BCUT2D eigenvalue weighted by Crippen LogP contribution is -2.52. The fraction of sp³-hybridized carbons (Fsp3) is 0.435. The quantitative estimate of drug-likeness (QED) is 0.767. The third-order valence-electron chi connectivity index (χ3n) is 5.23. The molecule has 150 valence electrons. The van der Waals surface area contributed by atoms with Crippen molar-refractivity contribution in [2.75, 3.05) is 31.1 Å². The summed E-state index contributed by atoms with van der Waals surface area (Å²) in [5.74, 6) is 0.897. The molecule has 5 heteroatoms. The van der Waals surface area contributed by atoms with Crippen LogP contribution in [0.4, 0.5) is 10.1 Å². The van der Waals surface area contributed by atoms with Gasteiger partial charge in [-0.15, -0.1) is 0 Å². The van der Waals surface area contributed by atoms with Gasteiger partial charge in [-0.3, -0.25) is 4.79 Å². The SMILES string of the molecule is Cc1ccc(C(C)C)c(O[C@@H](C)C(=O)N2CCN(c3ccc(F)cc3)CC2)c1. The standard InChI is InChI=1S/C23H29FN2O2/c1-16(2)21-10-5-17(3)15-22(21)28-18(4)23(27)26-13-11-25(12-14-26)20-8-6-19(24)7-9-20/h5-10,15-16,18H,11-14H2,1-4H3/t18-/m0/s1. The van der Waals surface area contributed by atoms with Gasteiger partial charge in [0.05, 0.1) is 0 Å². The number of anilines is 1. The highest BCUT2D eigenvalue weighted by molar-refractivity contribution is 5.81. The summed E-state index contributed by atoms with van der Waals surface area (Å²) in [5.41, 5.74) is 3.22. The van der Waals surface area contributed by atoms with E-state index in [0.717, 1.165) is 35.7 Å². The largest absolute Gasteiger partial charge is 0.481 e. The van der Waals surface area contributed by atoms with Crippen LogP contribution in [0.1, 0.15) is 37.8 Å². The normalized spacial score (nSPS) is 15.6. The van der Waals surface area contributed by atoms with Crippen molar-refractivity contribution in [1.82, 2.24) is 4.90 Å². The van der Waals surface area contributed by atoms with Crippen molar-refractivity contribution < 1.29 is 13.9 Å². The van der Waals surface area contributed by atoms with E-state index in [1.54, 1.807) is 12.1 Å². The van der Waals surface area contributed by atoms with E-state index in [1.165, 1.54) is 12.1 Å². The van der Waals surface area contributed by atoms with Crippen LogP contribution in [0.5, 0.6) is 5.75 Å². The molecule has 3 rings (SSSR count). The monoisotopic (exact) mass is 384 g/mol. The maximum Gasteiger partial charge on any atom is 0.263 e. The Hall–Kier alpha value is -2.56. The summed E-state index contributed by atoms with van der Waals surface area (Å²) in [4.78, 5) is 16.9. The molecule has 0 spiro atoms. The molecule has 1 atom stereocenters. The van der Waals surface area contributed by atoms with Crippen molar-refractivity contribution in [3.63, 3.8) is 0 Å². The van der Waals surface area contributed by atoms with Crippen molar-refractivity contribution in [1.29, 1.82) is 0 Å². The first kappa shape index (κ1) is 20.2. The Bertz CT molecular complexity index is 812. The van der Waals surface area contributed by atoms with Crippen molar-refractivity contribution in [2.45, 2.75) is 39.7 Å². The van der Waals surface area contributed by atoms with Gasteiger partial charge in [-0.1, -0.05) is 26.0 Å². The molecule has 1 aliphatic heterocycles. The van der Waals surface area contributed by atoms with Gasteiger partial charge in [-0.2, -0.15) is 0 Å². The van der Waals surface area contributed by atoms with Crippen LogP contribution >= 0.6 is 0 Å². The van der Waals surface area contributed by atoms with Crippen molar-refractivity contribution in [3.8, 4) is 5.75 Å². The summed E-state index contributed by atoms with van der Waals surface area (Å²) in [6.45, 7) is 10.8. The molecule has 1 fully saturated rings. The van der Waals surface area contributed by atoms with Crippen LogP contribution in [-0.2, 0) is 4.79 Å². The summed E-state index contributed by atoms with van der Waals surface area (Å²) >= 11 is 0. The third-order valence-corrected chi connectivity index (χ3v) is 5.23. The number of rotatable bonds is 5. The van der Waals surface area contributed by atoms with Gasteiger partial charge in [0.2, 0.25) is 0 Å². The predicted molar refractivity (Wildman–Crippen MR) is 111 cm³/mol. The van der Waals surface area contributed by atoms with Gasteiger partial charge < -0.3 is 14.5 Å². The van der Waals surface area contributed by atoms with Crippen LogP contribution in [-0.4, -0.2) is 43.1 Å². The lowest BCUT2D eigenvalue weighted by molar-refractivity contribution is -0.138. The Morgan fingerprint density at radius 1 is 1.00 bits per heavy atom. The topological polar surface area (TPSA) is 32.8 Å². The Kier molecular flexibility index (Phi) is 6.22. The lowest BCUT2D eigenvalue weighted by Gasteiger charge is -2.37. The molecule has 0 aromatic heterocycles. The highest BCUT2D eigenvalue weighted by Gasteiger charge is 2.27. The molecule has 1 amide bonds. The van der Waals surface area contributed by atoms with E-state index in [-0.39, 0.29) is 11.7 Å². The smallest absolute Gasteiger partial charge is 0.263 e. The zero-order chi connectivity index (χ0) is 20.3. The van der Waals surface area contributed by atoms with Crippen molar-refractivity contribution >= 4 is 11.6 Å². The number of halogens is 1. The Labute approximate surface area is 166 Å². The lowest BCUT2D eigenvalue weighted by atomic mass is 10.0. The third kappa shape index (κ3) is 4.64. The maximum absolute atomic E-state index is 13.1. The molecular weight excluding hydrogens is 355 g/mol. The van der Waals surface area contributed by atoms with E-state index in [9.17, 15) is 9.18 Å². The second kappa shape index (κ2) is 8.63. The van der Waals surface area contributed by atoms with E-state index >= 15 is 0 Å². The molecule has 1 aliphatic rings. The van der Waals surface area contributed by atoms with E-state index in [2.05, 4.69) is 30.9 Å². The number of amides is 1. The molecule has 1 saturated heterocycles. The van der Waals surface area contributed by atoms with Crippen LogP contribution in [0.15, 0.2) is 42.5 Å². The zero-order valence-electron chi connectivity index (χ0n) is 17.1. The van der Waals surface area contributed by atoms with Gasteiger partial charge >= 0.3 is 0 Å². The minimum Gasteiger partial charge on any atom is -0.481 e. The van der Waals surface area contributed by atoms with Crippen LogP contribution in [0.3, 0.4) is 0 Å². The Morgan fingerprint density at radius 2 is 1.64 bits per heavy atom. The van der Waals surface area contributed by atoms with E-state index in [1.807, 2.05) is 24.8 Å². The number of carbonyl (C=O) groups excluding carboxylic acids is 1. The molecule has 2 aromatic carbocycles. The number of piperazine rings is 1. The van der Waals surface area contributed by atoms with Gasteiger partial charge in [0.1, 0.15) is 11.6 Å². The second-order valence-electron chi connectivity index (χ2n) is 7.74. The zero-order valence-corrected chi connectivity index (χ0v) is 17.1. The second-order valence-corrected chi connectivity index (χ2v) is 7.74. The van der Waals surface area contributed by atoms with Crippen molar-refractivity contribution in [2.24, 2.45) is 0 Å². The average molecular weight is 384 g/mol. The average Bonchev–Trinajstić information content (AvgIpc) is 2.68. The van der Waals surface area contributed by atoms with Crippen molar-refractivity contribution in [3.05, 3.63) is 59.4 Å². The highest BCUT2D eigenvalue weighted by Crippen LogP contribution is 2.28. The van der Waals surface area contributed by atoms with Gasteiger partial charge in [-0.25, -0.2) is 4.39 Å². The fourth-order valence-electron chi connectivity index (χ4n) is 3.56. The Balaban J connectivity index is 1.61. The van der Waals surface area contributed by atoms with E-state index in [0.29, 0.717) is 19.0 Å². The fourth-order valence-corrected chi connectivity index (χ4v) is 3.56. The van der Waals surface area contributed by atoms with Gasteiger partial charge in [0.25, 0.3) is 5.91 Å². The number of nitrogens with zero attached hydrogens (tertiary/aromatic N) is 2. The molecule has 0 aliphatic carbocycles. The summed E-state index contributed by atoms with van der Waals surface area (Å²) in [6, 6.07) is 12.7. The number of hydrogen-bond acceptors (Lipinski definition) is 3. The first-order valence-corrected chi connectivity index (χ1v) is 9.91. The molecule has 2 aromatic rings. The number of carbonyl (C=O) groups is 1. The summed E-state index contributed by atoms with van der Waals surface area (Å²) < 4.78 is 19.2. The van der Waals surface area contributed by atoms with Crippen LogP contribution in [0.25, 0.3) is 0 Å². The maximum atomic E-state index is 13.1. The van der Waals surface area contributed by atoms with Gasteiger partial charge in [0.15, 0.2) is 6.10 Å². The summed E-state index contributed by atoms with van der Waals surface area (Å²) in [7, 11) is 0. The Morgan fingerprint density at radius 3 is 2.25 bits per heavy atom. The molecule has 0 N–H and O–H groups in total. The molecule has 0 unspecified atom stereocenters. The molecule has 0 bridgehead atoms. The number of hydrogen-bond donors (Lipinski definition) is 0. The van der Waals surface area contributed by atoms with E-state index < -0.39 is 6.10 Å². The van der Waals surface area contributed by atoms with Crippen LogP contribution < -0.4 is 9.64 Å². The molecule has 28 heavy (non-hydrogen) atoms. The first-order chi connectivity index (χ1) is 13.3. The molecule has 0 saturated carbocycles. The van der Waals surface area contributed by atoms with E-state index in [4.69, 9.17) is 4.74 Å². The molecule has 0 radical (unpaired) electrons. The molecular formula is C23H29FN2O2. The minimum absolute atomic E-state index is 0.00923. The highest BCUT2D eigenvalue weighted by atomic mass is 19.1. The first-order valence-electron chi connectivity index (χ1n) is 9.91. The van der Waals surface area contributed by atoms with Gasteiger partial charge in [0, 0.05) is 31.9 Å². The number of ether oxygens (including phenoxy) is 1. The van der Waals surface area contributed by atoms with Crippen LogP contribution in [0, 0.1) is 12.7 Å². The minimum atomic E-state index is -0.531. The molecule has 1 heterocycles. The van der Waals surface area contributed by atoms with Crippen LogP contribution in [0.2, 0.25) is 0 Å². The number of benzene rings is 2. The molecule has 4 nitrogen and oxygen atoms in total. The van der Waals surface area contributed by atoms with Gasteiger partial charge in [-0.05, 0) is 61.2 Å². The number of aryl methyl sites for hydroxylation is 1.